The molecule has 3 heteroatoms. The third-order valence-corrected chi connectivity index (χ3v) is 2.40. The molecule has 1 aliphatic heterocycles. The van der Waals surface area contributed by atoms with E-state index in [1.165, 1.54) is 0 Å². The lowest BCUT2D eigenvalue weighted by molar-refractivity contribution is -0.139. The second kappa shape index (κ2) is 3.48. The number of hydrogen-bond acceptors (Lipinski definition) is 2. The summed E-state index contributed by atoms with van der Waals surface area (Å²) >= 11 is 5.70. The normalized spacial score (nSPS) is 23.8. The minimum Gasteiger partial charge on any atom is -0.454 e. The second-order valence-corrected chi connectivity index (χ2v) is 3.90. The first kappa shape index (κ1) is 9.59. The first-order valence-corrected chi connectivity index (χ1v) is 4.47. The summed E-state index contributed by atoms with van der Waals surface area (Å²) < 4.78 is 5.05. The summed E-state index contributed by atoms with van der Waals surface area (Å²) in [6, 6.07) is 0. The van der Waals surface area contributed by atoms with Crippen molar-refractivity contribution in [2.24, 2.45) is 5.92 Å². The molecule has 0 amide bonds. The molecular formula is C9H13ClO2. The molecule has 0 unspecified atom stereocenters. The van der Waals surface area contributed by atoms with Gasteiger partial charge in [0.15, 0.2) is 0 Å². The molecule has 0 aromatic carbocycles. The Bertz CT molecular complexity index is 231. The van der Waals surface area contributed by atoms with E-state index in [-0.39, 0.29) is 17.1 Å². The van der Waals surface area contributed by atoms with Crippen LogP contribution in [0.15, 0.2) is 10.6 Å². The highest BCUT2D eigenvalue weighted by Gasteiger charge is 2.30. The van der Waals surface area contributed by atoms with Gasteiger partial charge in [-0.05, 0) is 24.8 Å². The molecule has 2 nitrogen and oxygen atoms in total. The maximum absolute atomic E-state index is 11.0. The van der Waals surface area contributed by atoms with Crippen molar-refractivity contribution in [3.05, 3.63) is 10.6 Å². The van der Waals surface area contributed by atoms with Crippen LogP contribution in [0.3, 0.4) is 0 Å². The second-order valence-electron chi connectivity index (χ2n) is 3.52. The molecule has 0 aliphatic carbocycles. The number of carbonyl (C=O) groups is 1. The smallest absolute Gasteiger partial charge is 0.350 e. The van der Waals surface area contributed by atoms with Gasteiger partial charge in [-0.25, -0.2) is 4.79 Å². The van der Waals surface area contributed by atoms with Gasteiger partial charge in [-0.2, -0.15) is 0 Å². The Morgan fingerprint density at radius 1 is 1.58 bits per heavy atom. The van der Waals surface area contributed by atoms with E-state index in [1.54, 1.807) is 0 Å². The van der Waals surface area contributed by atoms with Crippen molar-refractivity contribution in [2.75, 3.05) is 0 Å². The van der Waals surface area contributed by atoms with E-state index in [1.807, 2.05) is 6.92 Å². The summed E-state index contributed by atoms with van der Waals surface area (Å²) in [4.78, 5) is 11.0. The molecule has 0 aromatic rings. The third kappa shape index (κ3) is 1.81. The van der Waals surface area contributed by atoms with Crippen LogP contribution >= 0.6 is 11.6 Å². The molecule has 1 heterocycles. The number of esters is 1. The van der Waals surface area contributed by atoms with Crippen LogP contribution in [-0.4, -0.2) is 12.1 Å². The summed E-state index contributed by atoms with van der Waals surface area (Å²) in [5, 5.41) is 0.264. The van der Waals surface area contributed by atoms with Gasteiger partial charge in [0.05, 0.1) is 0 Å². The lowest BCUT2D eigenvalue weighted by Crippen LogP contribution is -2.13. The topological polar surface area (TPSA) is 26.3 Å². The zero-order valence-electron chi connectivity index (χ0n) is 7.56. The molecule has 1 atom stereocenters. The number of ether oxygens (including phenoxy) is 1. The Balaban J connectivity index is 2.67. The average Bonchev–Trinajstić information content (AvgIpc) is 2.17. The number of carbonyl (C=O) groups excluding carboxylic acids is 1. The lowest BCUT2D eigenvalue weighted by Gasteiger charge is -2.13. The quantitative estimate of drug-likeness (QED) is 0.623. The van der Waals surface area contributed by atoms with Crippen molar-refractivity contribution < 1.29 is 9.53 Å². The largest absolute Gasteiger partial charge is 0.454 e. The molecule has 0 spiro atoms. The maximum Gasteiger partial charge on any atom is 0.350 e. The number of rotatable bonds is 2. The van der Waals surface area contributed by atoms with E-state index in [2.05, 4.69) is 13.8 Å². The first-order valence-electron chi connectivity index (χ1n) is 4.09. The summed E-state index contributed by atoms with van der Waals surface area (Å²) in [7, 11) is 0. The monoisotopic (exact) mass is 188 g/mol. The molecule has 0 aromatic heterocycles. The van der Waals surface area contributed by atoms with Gasteiger partial charge in [-0.3, -0.25) is 0 Å². The van der Waals surface area contributed by atoms with Gasteiger partial charge in [0.25, 0.3) is 0 Å². The van der Waals surface area contributed by atoms with Gasteiger partial charge in [0.2, 0.25) is 0 Å². The molecule has 0 saturated heterocycles. The van der Waals surface area contributed by atoms with Crippen LogP contribution in [0.4, 0.5) is 0 Å². The van der Waals surface area contributed by atoms with Crippen molar-refractivity contribution >= 4 is 17.6 Å². The lowest BCUT2D eigenvalue weighted by atomic mass is 10.0. The Kier molecular flexibility index (Phi) is 2.78. The van der Waals surface area contributed by atoms with Gasteiger partial charge < -0.3 is 4.74 Å². The van der Waals surface area contributed by atoms with Crippen molar-refractivity contribution in [3.63, 3.8) is 0 Å². The molecule has 0 bridgehead atoms. The molecule has 12 heavy (non-hydrogen) atoms. The maximum atomic E-state index is 11.0. The Morgan fingerprint density at radius 3 is 2.50 bits per heavy atom. The summed E-state index contributed by atoms with van der Waals surface area (Å²) in [5.74, 6) is 0.139. The molecule has 0 fully saturated rings. The third-order valence-electron chi connectivity index (χ3n) is 1.94. The summed E-state index contributed by atoms with van der Waals surface area (Å²) in [6.07, 6.45) is 0.762. The summed E-state index contributed by atoms with van der Waals surface area (Å²) in [6.45, 7) is 6.03. The van der Waals surface area contributed by atoms with Crippen molar-refractivity contribution in [3.8, 4) is 0 Å². The molecule has 68 valence electrons. The van der Waals surface area contributed by atoms with Crippen LogP contribution in [0.25, 0.3) is 0 Å². The van der Waals surface area contributed by atoms with Crippen molar-refractivity contribution in [2.45, 2.75) is 33.3 Å². The van der Waals surface area contributed by atoms with Crippen LogP contribution in [-0.2, 0) is 9.53 Å². The number of halogens is 1. The van der Waals surface area contributed by atoms with Gasteiger partial charge in [-0.1, -0.05) is 25.4 Å². The first-order chi connectivity index (χ1) is 5.52. The number of hydrogen-bond donors (Lipinski definition) is 0. The van der Waals surface area contributed by atoms with Crippen LogP contribution < -0.4 is 0 Å². The Morgan fingerprint density at radius 2 is 2.17 bits per heavy atom. The molecule has 0 radical (unpaired) electrons. The Labute approximate surface area is 77.5 Å². The minimum absolute atomic E-state index is 0.0926. The number of cyclic esters (lactones) is 1. The predicted octanol–water partition coefficient (Wildman–Crippen LogP) is 2.47. The minimum atomic E-state index is -0.375. The zero-order chi connectivity index (χ0) is 9.30. The van der Waals surface area contributed by atoms with E-state index < -0.39 is 0 Å². The van der Waals surface area contributed by atoms with Gasteiger partial charge in [0, 0.05) is 0 Å². The highest BCUT2D eigenvalue weighted by molar-refractivity contribution is 6.42. The van der Waals surface area contributed by atoms with Crippen LogP contribution in [0.1, 0.15) is 27.2 Å². The van der Waals surface area contributed by atoms with Crippen LogP contribution in [0.2, 0.25) is 0 Å². The summed E-state index contributed by atoms with van der Waals surface area (Å²) in [5.41, 5.74) is 0.871. The standard InChI is InChI=1S/C9H13ClO2/c1-5(2)4-7-6(3)8(10)9(11)12-7/h5,7H,4H2,1-3H3/t7-/m1/s1. The Hall–Kier alpha value is -0.500. The highest BCUT2D eigenvalue weighted by atomic mass is 35.5. The van der Waals surface area contributed by atoms with E-state index in [0.717, 1.165) is 12.0 Å². The molecule has 0 N–H and O–H groups in total. The van der Waals surface area contributed by atoms with Gasteiger partial charge >= 0.3 is 5.97 Å². The van der Waals surface area contributed by atoms with Gasteiger partial charge in [-0.15, -0.1) is 0 Å². The fourth-order valence-corrected chi connectivity index (χ4v) is 1.39. The molecule has 1 rings (SSSR count). The van der Waals surface area contributed by atoms with E-state index >= 15 is 0 Å². The highest BCUT2D eigenvalue weighted by Crippen LogP contribution is 2.28. The molecular weight excluding hydrogens is 176 g/mol. The van der Waals surface area contributed by atoms with Crippen molar-refractivity contribution in [1.82, 2.24) is 0 Å². The molecule has 0 saturated carbocycles. The van der Waals surface area contributed by atoms with E-state index in [9.17, 15) is 4.79 Å². The average molecular weight is 189 g/mol. The SMILES string of the molecule is CC1=C(Cl)C(=O)O[C@@H]1CC(C)C. The predicted molar refractivity (Wildman–Crippen MR) is 47.9 cm³/mol. The van der Waals surface area contributed by atoms with Gasteiger partial charge in [0.1, 0.15) is 11.1 Å². The van der Waals surface area contributed by atoms with E-state index in [0.29, 0.717) is 5.92 Å². The fourth-order valence-electron chi connectivity index (χ4n) is 1.22. The van der Waals surface area contributed by atoms with Crippen LogP contribution in [0.5, 0.6) is 0 Å². The molecule has 1 aliphatic rings. The zero-order valence-corrected chi connectivity index (χ0v) is 8.31. The fraction of sp³-hybridized carbons (Fsp3) is 0.667. The van der Waals surface area contributed by atoms with Crippen molar-refractivity contribution in [1.29, 1.82) is 0 Å². The van der Waals surface area contributed by atoms with E-state index in [4.69, 9.17) is 16.3 Å². The van der Waals surface area contributed by atoms with Crippen LogP contribution in [0, 0.1) is 5.92 Å².